The van der Waals surface area contributed by atoms with Crippen molar-refractivity contribution in [3.8, 4) is 11.1 Å². The van der Waals surface area contributed by atoms with Gasteiger partial charge in [-0.25, -0.2) is 0 Å². The Balaban J connectivity index is 1.50. The lowest BCUT2D eigenvalue weighted by Crippen LogP contribution is -1.90. The van der Waals surface area contributed by atoms with Gasteiger partial charge in [0.2, 0.25) is 0 Å². The van der Waals surface area contributed by atoms with E-state index in [1.165, 1.54) is 53.2 Å². The molecule has 0 saturated heterocycles. The van der Waals surface area contributed by atoms with Gasteiger partial charge in [-0.3, -0.25) is 9.97 Å². The van der Waals surface area contributed by atoms with Crippen LogP contribution in [0.4, 0.5) is 0 Å². The predicted molar refractivity (Wildman–Crippen MR) is 148 cm³/mol. The lowest BCUT2D eigenvalue weighted by molar-refractivity contribution is 1.35. The minimum atomic E-state index is 1.01. The van der Waals surface area contributed by atoms with E-state index in [9.17, 15) is 0 Å². The Morgan fingerprint density at radius 1 is 0.543 bits per heavy atom. The first-order valence-electron chi connectivity index (χ1n) is 11.7. The molecule has 0 radical (unpaired) electrons. The summed E-state index contributed by atoms with van der Waals surface area (Å²) in [7, 11) is 0. The Hall–Kier alpha value is -4.21. The molecule has 0 aliphatic heterocycles. The number of rotatable bonds is 3. The van der Waals surface area contributed by atoms with Crippen molar-refractivity contribution < 1.29 is 0 Å². The molecule has 0 unspecified atom stereocenters. The molecule has 7 aromatic rings. The Kier molecular flexibility index (Phi) is 4.74. The molecule has 2 heterocycles. The van der Waals surface area contributed by atoms with Crippen LogP contribution in [0.5, 0.6) is 0 Å². The average Bonchev–Trinajstić information content (AvgIpc) is 2.93. The van der Waals surface area contributed by atoms with Gasteiger partial charge in [0.15, 0.2) is 0 Å². The second-order valence-electron chi connectivity index (χ2n) is 8.69. The zero-order valence-electron chi connectivity index (χ0n) is 18.8. The van der Waals surface area contributed by atoms with Crippen molar-refractivity contribution in [3.63, 3.8) is 0 Å². The number of nitrogens with zero attached hydrogens (tertiary/aromatic N) is 2. The Morgan fingerprint density at radius 3 is 2.26 bits per heavy atom. The molecule has 0 fully saturated rings. The molecule has 0 bridgehead atoms. The van der Waals surface area contributed by atoms with Gasteiger partial charge in [0.1, 0.15) is 0 Å². The number of benzene rings is 5. The van der Waals surface area contributed by atoms with E-state index in [2.05, 4.69) is 107 Å². The maximum atomic E-state index is 4.56. The normalized spacial score (nSPS) is 11.5. The van der Waals surface area contributed by atoms with Crippen LogP contribution in [0.15, 0.2) is 132 Å². The molecule has 35 heavy (non-hydrogen) atoms. The zero-order valence-corrected chi connectivity index (χ0v) is 19.7. The lowest BCUT2D eigenvalue weighted by Gasteiger charge is -2.17. The monoisotopic (exact) mass is 464 g/mol. The van der Waals surface area contributed by atoms with E-state index in [0.29, 0.717) is 0 Å². The van der Waals surface area contributed by atoms with Crippen LogP contribution in [0, 0.1) is 0 Å². The van der Waals surface area contributed by atoms with Gasteiger partial charge in [-0.05, 0) is 68.4 Å². The maximum Gasteiger partial charge on any atom is 0.0713 e. The minimum Gasteiger partial charge on any atom is -0.264 e. The van der Waals surface area contributed by atoms with Crippen LogP contribution in [0.25, 0.3) is 54.3 Å². The smallest absolute Gasteiger partial charge is 0.0713 e. The Morgan fingerprint density at radius 2 is 1.31 bits per heavy atom. The summed E-state index contributed by atoms with van der Waals surface area (Å²) in [6.07, 6.45) is 5.76. The van der Waals surface area contributed by atoms with Crippen molar-refractivity contribution in [1.29, 1.82) is 0 Å². The molecule has 0 atom stereocenters. The molecule has 0 N–H and O–H groups in total. The van der Waals surface area contributed by atoms with Gasteiger partial charge in [0, 0.05) is 39.2 Å². The molecule has 0 spiro atoms. The molecule has 5 aromatic carbocycles. The summed E-state index contributed by atoms with van der Waals surface area (Å²) in [5.74, 6) is 0. The number of hydrogen-bond donors (Lipinski definition) is 0. The van der Waals surface area contributed by atoms with Gasteiger partial charge < -0.3 is 0 Å². The quantitative estimate of drug-likeness (QED) is 0.244. The van der Waals surface area contributed by atoms with E-state index in [0.717, 1.165) is 10.9 Å². The fraction of sp³-hybridized carbons (Fsp3) is 0. The van der Waals surface area contributed by atoms with E-state index >= 15 is 0 Å². The van der Waals surface area contributed by atoms with Gasteiger partial charge in [-0.2, -0.15) is 0 Å². The van der Waals surface area contributed by atoms with Gasteiger partial charge in [-0.1, -0.05) is 84.6 Å². The standard InChI is InChI=1S/C32H20N2S/c1-2-7-23-18-24(12-11-21(23)6-1)31-26-9-3-4-10-27(26)32(28-15-17-33-20-29(28)31)35-25-14-13-22-8-5-16-34-30(22)19-25/h1-20H. The van der Waals surface area contributed by atoms with Crippen LogP contribution >= 0.6 is 11.8 Å². The molecular weight excluding hydrogens is 444 g/mol. The fourth-order valence-corrected chi connectivity index (χ4v) is 6.09. The third-order valence-electron chi connectivity index (χ3n) is 6.61. The highest BCUT2D eigenvalue weighted by Gasteiger charge is 2.16. The van der Waals surface area contributed by atoms with Crippen molar-refractivity contribution in [2.75, 3.05) is 0 Å². The number of fused-ring (bicyclic) bond motifs is 4. The topological polar surface area (TPSA) is 25.8 Å². The first kappa shape index (κ1) is 20.2. The number of hydrogen-bond acceptors (Lipinski definition) is 3. The summed E-state index contributed by atoms with van der Waals surface area (Å²) in [5.41, 5.74) is 3.46. The molecule has 0 amide bonds. The molecule has 3 heteroatoms. The summed E-state index contributed by atoms with van der Waals surface area (Å²) in [5, 5.41) is 8.52. The highest BCUT2D eigenvalue weighted by molar-refractivity contribution is 7.99. The molecule has 164 valence electrons. The summed E-state index contributed by atoms with van der Waals surface area (Å²) >= 11 is 1.80. The van der Waals surface area contributed by atoms with Crippen LogP contribution in [0.2, 0.25) is 0 Å². The maximum absolute atomic E-state index is 4.56. The summed E-state index contributed by atoms with van der Waals surface area (Å²) < 4.78 is 0. The van der Waals surface area contributed by atoms with Crippen molar-refractivity contribution in [2.45, 2.75) is 9.79 Å². The van der Waals surface area contributed by atoms with E-state index in [4.69, 9.17) is 0 Å². The van der Waals surface area contributed by atoms with Crippen molar-refractivity contribution in [2.24, 2.45) is 0 Å². The predicted octanol–water partition coefficient (Wildman–Crippen LogP) is 8.91. The summed E-state index contributed by atoms with van der Waals surface area (Å²) in [6, 6.07) is 36.8. The first-order valence-corrected chi connectivity index (χ1v) is 12.5. The molecule has 7 rings (SSSR count). The van der Waals surface area contributed by atoms with Crippen LogP contribution in [0.3, 0.4) is 0 Å². The van der Waals surface area contributed by atoms with Gasteiger partial charge in [0.05, 0.1) is 5.52 Å². The SMILES string of the molecule is c1ccc2cc(-c3c4ccccc4c(Sc4ccc5cccnc5c4)c4ccncc34)ccc2c1. The summed E-state index contributed by atoms with van der Waals surface area (Å²) in [4.78, 5) is 11.5. The van der Waals surface area contributed by atoms with Gasteiger partial charge >= 0.3 is 0 Å². The largest absolute Gasteiger partial charge is 0.264 e. The van der Waals surface area contributed by atoms with Crippen LogP contribution in [-0.2, 0) is 0 Å². The van der Waals surface area contributed by atoms with E-state index < -0.39 is 0 Å². The van der Waals surface area contributed by atoms with Crippen molar-refractivity contribution >= 4 is 55.0 Å². The highest BCUT2D eigenvalue weighted by atomic mass is 32.2. The second-order valence-corrected chi connectivity index (χ2v) is 9.78. The molecule has 0 aliphatic carbocycles. The Labute approximate surface area is 207 Å². The highest BCUT2D eigenvalue weighted by Crippen LogP contribution is 2.45. The minimum absolute atomic E-state index is 1.01. The molecular formula is C32H20N2S. The number of aromatic nitrogens is 2. The zero-order chi connectivity index (χ0) is 23.2. The van der Waals surface area contributed by atoms with E-state index in [-0.39, 0.29) is 0 Å². The van der Waals surface area contributed by atoms with Gasteiger partial charge in [0.25, 0.3) is 0 Å². The van der Waals surface area contributed by atoms with E-state index in [1.54, 1.807) is 11.8 Å². The third-order valence-corrected chi connectivity index (χ3v) is 7.75. The number of pyridine rings is 2. The molecule has 0 aliphatic rings. The average molecular weight is 465 g/mol. The Bertz CT molecular complexity index is 1830. The van der Waals surface area contributed by atoms with Gasteiger partial charge in [-0.15, -0.1) is 0 Å². The summed E-state index contributed by atoms with van der Waals surface area (Å²) in [6.45, 7) is 0. The van der Waals surface area contributed by atoms with Crippen molar-refractivity contribution in [1.82, 2.24) is 9.97 Å². The van der Waals surface area contributed by atoms with Crippen LogP contribution in [0.1, 0.15) is 0 Å². The second kappa shape index (κ2) is 8.23. The first-order chi connectivity index (χ1) is 17.3. The van der Waals surface area contributed by atoms with E-state index in [1.807, 2.05) is 24.7 Å². The third kappa shape index (κ3) is 3.44. The van der Waals surface area contributed by atoms with Crippen LogP contribution in [-0.4, -0.2) is 9.97 Å². The molecule has 0 saturated carbocycles. The van der Waals surface area contributed by atoms with Crippen molar-refractivity contribution in [3.05, 3.63) is 122 Å². The van der Waals surface area contributed by atoms with Crippen LogP contribution < -0.4 is 0 Å². The fourth-order valence-electron chi connectivity index (χ4n) is 4.97. The molecule has 2 nitrogen and oxygen atoms in total. The molecule has 2 aromatic heterocycles. The lowest BCUT2D eigenvalue weighted by atomic mass is 9.92.